The average Bonchev–Trinajstić information content (AvgIpc) is 3.05. The minimum atomic E-state index is -1.01. The molecule has 0 atom stereocenters. The predicted octanol–water partition coefficient (Wildman–Crippen LogP) is 3.65. The number of thiophene rings is 1. The van der Waals surface area contributed by atoms with E-state index < -0.39 is 11.6 Å². The van der Waals surface area contributed by atoms with Crippen molar-refractivity contribution in [2.24, 2.45) is 0 Å². The Balaban J connectivity index is 1.40. The topological polar surface area (TPSA) is 82.1 Å². The zero-order valence-corrected chi connectivity index (χ0v) is 18.1. The molecule has 7 nitrogen and oxygen atoms in total. The van der Waals surface area contributed by atoms with Crippen molar-refractivity contribution >= 4 is 28.3 Å². The molecule has 0 radical (unpaired) electrons. The zero-order valence-electron chi connectivity index (χ0n) is 17.3. The number of amides is 2. The molecule has 2 amide bonds. The Morgan fingerprint density at radius 3 is 2.53 bits per heavy atom. The predicted molar refractivity (Wildman–Crippen MR) is 116 cm³/mol. The highest BCUT2D eigenvalue weighted by molar-refractivity contribution is 7.17. The number of fused-ring (bicyclic) bond motifs is 1. The first-order valence-corrected chi connectivity index (χ1v) is 11.0. The number of aromatic carboxylic acids is 1. The zero-order chi connectivity index (χ0) is 21.3. The van der Waals surface area contributed by atoms with E-state index in [2.05, 4.69) is 22.3 Å². The third kappa shape index (κ3) is 4.50. The molecule has 1 aromatic carbocycles. The van der Waals surface area contributed by atoms with Gasteiger partial charge in [-0.25, -0.2) is 9.59 Å². The normalized spacial score (nSPS) is 18.7. The largest absolute Gasteiger partial charge is 0.478 e. The lowest BCUT2D eigenvalue weighted by molar-refractivity contribution is -0.0384. The second-order valence-corrected chi connectivity index (χ2v) is 9.52. The van der Waals surface area contributed by atoms with Crippen LogP contribution < -0.4 is 5.32 Å². The van der Waals surface area contributed by atoms with Crippen LogP contribution in [0.25, 0.3) is 0 Å². The third-order valence-electron chi connectivity index (χ3n) is 5.63. The fourth-order valence-corrected chi connectivity index (χ4v) is 5.11. The minimum absolute atomic E-state index is 0.211. The number of rotatable bonds is 4. The lowest BCUT2D eigenvalue weighted by Crippen LogP contribution is -2.49. The molecular formula is C22H27N3O4S. The summed E-state index contributed by atoms with van der Waals surface area (Å²) in [6.45, 7) is 7.95. The quantitative estimate of drug-likeness (QED) is 0.775. The van der Waals surface area contributed by atoms with Gasteiger partial charge in [0, 0.05) is 44.0 Å². The molecule has 2 N–H and O–H groups in total. The van der Waals surface area contributed by atoms with E-state index in [0.29, 0.717) is 31.1 Å². The maximum atomic E-state index is 12.8. The fraction of sp³-hybridized carbons (Fsp3) is 0.455. The van der Waals surface area contributed by atoms with E-state index in [-0.39, 0.29) is 11.6 Å². The summed E-state index contributed by atoms with van der Waals surface area (Å²) in [6.07, 6.45) is 0.522. The SMILES string of the molecule is CC1(C)Cc2c(sc(NC(=O)N3CCN(Cc4ccccc4)CC3)c2C(=O)O)CO1. The molecule has 0 saturated carbocycles. The van der Waals surface area contributed by atoms with Crippen LogP contribution in [-0.4, -0.2) is 58.7 Å². The summed E-state index contributed by atoms with van der Waals surface area (Å²) in [4.78, 5) is 29.7. The van der Waals surface area contributed by atoms with Crippen LogP contribution in [0.15, 0.2) is 30.3 Å². The van der Waals surface area contributed by atoms with Crippen molar-refractivity contribution in [1.29, 1.82) is 0 Å². The average molecular weight is 430 g/mol. The molecule has 30 heavy (non-hydrogen) atoms. The first-order chi connectivity index (χ1) is 14.3. The summed E-state index contributed by atoms with van der Waals surface area (Å²) in [6, 6.07) is 10.0. The van der Waals surface area contributed by atoms with Crippen LogP contribution in [0.1, 0.15) is 40.2 Å². The van der Waals surface area contributed by atoms with E-state index in [0.717, 1.165) is 30.1 Å². The number of urea groups is 1. The van der Waals surface area contributed by atoms with Crippen molar-refractivity contribution in [3.63, 3.8) is 0 Å². The Morgan fingerprint density at radius 2 is 1.87 bits per heavy atom. The van der Waals surface area contributed by atoms with Gasteiger partial charge in [-0.1, -0.05) is 30.3 Å². The Hall–Kier alpha value is -2.42. The van der Waals surface area contributed by atoms with E-state index in [1.54, 1.807) is 4.90 Å². The van der Waals surface area contributed by atoms with Crippen LogP contribution in [0, 0.1) is 0 Å². The molecule has 0 bridgehead atoms. The summed E-state index contributed by atoms with van der Waals surface area (Å²) in [7, 11) is 0. The summed E-state index contributed by atoms with van der Waals surface area (Å²) in [5.41, 5.74) is 1.85. The summed E-state index contributed by atoms with van der Waals surface area (Å²) in [5.74, 6) is -1.01. The van der Waals surface area contributed by atoms with Crippen LogP contribution in [-0.2, 0) is 24.3 Å². The van der Waals surface area contributed by atoms with E-state index in [9.17, 15) is 14.7 Å². The molecule has 4 rings (SSSR count). The van der Waals surface area contributed by atoms with Gasteiger partial charge in [0.25, 0.3) is 0 Å². The molecular weight excluding hydrogens is 402 g/mol. The van der Waals surface area contributed by atoms with Gasteiger partial charge in [0.1, 0.15) is 5.00 Å². The molecule has 3 heterocycles. The molecule has 1 aromatic heterocycles. The Bertz CT molecular complexity index is 933. The standard InChI is InChI=1S/C22H27N3O4S/c1-22(2)12-16-17(14-29-22)30-19(18(16)20(26)27)23-21(28)25-10-8-24(9-11-25)13-15-6-4-3-5-7-15/h3-7H,8-14H2,1-2H3,(H,23,28)(H,26,27). The monoisotopic (exact) mass is 429 g/mol. The molecule has 0 spiro atoms. The number of carbonyl (C=O) groups excluding carboxylic acids is 1. The van der Waals surface area contributed by atoms with Gasteiger partial charge in [0.2, 0.25) is 0 Å². The first-order valence-electron chi connectivity index (χ1n) is 10.2. The van der Waals surface area contributed by atoms with Crippen LogP contribution in [0.5, 0.6) is 0 Å². The number of ether oxygens (including phenoxy) is 1. The van der Waals surface area contributed by atoms with Crippen LogP contribution in [0.3, 0.4) is 0 Å². The number of nitrogens with one attached hydrogen (secondary N) is 1. The number of carboxylic acids is 1. The van der Waals surface area contributed by atoms with Crippen molar-refractivity contribution in [1.82, 2.24) is 9.80 Å². The van der Waals surface area contributed by atoms with Gasteiger partial charge in [0.15, 0.2) is 0 Å². The van der Waals surface area contributed by atoms with Crippen molar-refractivity contribution in [2.75, 3.05) is 31.5 Å². The Labute approximate surface area is 180 Å². The van der Waals surface area contributed by atoms with Crippen molar-refractivity contribution < 1.29 is 19.4 Å². The van der Waals surface area contributed by atoms with Crippen molar-refractivity contribution in [2.45, 2.75) is 39.0 Å². The van der Waals surface area contributed by atoms with E-state index in [1.807, 2.05) is 32.0 Å². The minimum Gasteiger partial charge on any atom is -0.478 e. The Kier molecular flexibility index (Phi) is 5.81. The number of nitrogens with zero attached hydrogens (tertiary/aromatic N) is 2. The van der Waals surface area contributed by atoms with E-state index in [1.165, 1.54) is 16.9 Å². The van der Waals surface area contributed by atoms with Crippen LogP contribution in [0.4, 0.5) is 9.80 Å². The maximum absolute atomic E-state index is 12.8. The molecule has 2 aliphatic heterocycles. The molecule has 1 saturated heterocycles. The van der Waals surface area contributed by atoms with Crippen LogP contribution >= 0.6 is 11.3 Å². The molecule has 0 aliphatic carbocycles. The van der Waals surface area contributed by atoms with Gasteiger partial charge in [-0.05, 0) is 25.0 Å². The van der Waals surface area contributed by atoms with Gasteiger partial charge >= 0.3 is 12.0 Å². The summed E-state index contributed by atoms with van der Waals surface area (Å²) < 4.78 is 5.81. The van der Waals surface area contributed by atoms with Gasteiger partial charge in [-0.15, -0.1) is 11.3 Å². The molecule has 0 unspecified atom stereocenters. The number of anilines is 1. The third-order valence-corrected chi connectivity index (χ3v) is 6.75. The number of carbonyl (C=O) groups is 2. The molecule has 2 aliphatic rings. The van der Waals surface area contributed by atoms with E-state index in [4.69, 9.17) is 4.74 Å². The number of hydrogen-bond acceptors (Lipinski definition) is 5. The molecule has 160 valence electrons. The lowest BCUT2D eigenvalue weighted by atomic mass is 9.93. The van der Waals surface area contributed by atoms with Gasteiger partial charge in [-0.3, -0.25) is 10.2 Å². The van der Waals surface area contributed by atoms with E-state index >= 15 is 0 Å². The highest BCUT2D eigenvalue weighted by atomic mass is 32.1. The van der Waals surface area contributed by atoms with Gasteiger partial charge < -0.3 is 14.7 Å². The van der Waals surface area contributed by atoms with Crippen molar-refractivity contribution in [3.8, 4) is 0 Å². The second kappa shape index (κ2) is 8.37. The number of piperazine rings is 1. The number of benzene rings is 1. The first kappa shape index (κ1) is 20.8. The van der Waals surface area contributed by atoms with Gasteiger partial charge in [-0.2, -0.15) is 0 Å². The summed E-state index contributed by atoms with van der Waals surface area (Å²) >= 11 is 1.31. The van der Waals surface area contributed by atoms with Crippen molar-refractivity contribution in [3.05, 3.63) is 51.9 Å². The fourth-order valence-electron chi connectivity index (χ4n) is 3.99. The highest BCUT2D eigenvalue weighted by Gasteiger charge is 2.34. The lowest BCUT2D eigenvalue weighted by Gasteiger charge is -2.34. The molecule has 2 aromatic rings. The number of carboxylic acid groups (broad SMARTS) is 1. The summed E-state index contributed by atoms with van der Waals surface area (Å²) in [5, 5.41) is 13.0. The molecule has 1 fully saturated rings. The highest BCUT2D eigenvalue weighted by Crippen LogP contribution is 2.40. The number of hydrogen-bond donors (Lipinski definition) is 2. The molecule has 8 heteroatoms. The second-order valence-electron chi connectivity index (χ2n) is 8.42. The van der Waals surface area contributed by atoms with Crippen LogP contribution in [0.2, 0.25) is 0 Å². The smallest absolute Gasteiger partial charge is 0.339 e. The Morgan fingerprint density at radius 1 is 1.17 bits per heavy atom. The maximum Gasteiger partial charge on any atom is 0.339 e. The van der Waals surface area contributed by atoms with Gasteiger partial charge in [0.05, 0.1) is 17.8 Å².